The summed E-state index contributed by atoms with van der Waals surface area (Å²) in [6, 6.07) is 0. The van der Waals surface area contributed by atoms with Crippen molar-refractivity contribution in [3.8, 4) is 0 Å². The van der Waals surface area contributed by atoms with E-state index in [2.05, 4.69) is 0 Å². The highest BCUT2D eigenvalue weighted by atomic mass is 32.2. The molecule has 2 aliphatic heterocycles. The number of rotatable bonds is 8. The van der Waals surface area contributed by atoms with Gasteiger partial charge in [0.25, 0.3) is 11.6 Å². The molecule has 2 saturated heterocycles. The lowest BCUT2D eigenvalue weighted by molar-refractivity contribution is -0.255. The summed E-state index contributed by atoms with van der Waals surface area (Å²) in [5.74, 6) is -3.75. The van der Waals surface area contributed by atoms with Crippen molar-refractivity contribution in [1.29, 1.82) is 0 Å². The topological polar surface area (TPSA) is 112 Å². The third-order valence-corrected chi connectivity index (χ3v) is 6.24. The van der Waals surface area contributed by atoms with E-state index in [0.29, 0.717) is 26.4 Å². The zero-order chi connectivity index (χ0) is 19.2. The van der Waals surface area contributed by atoms with Crippen LogP contribution >= 0.6 is 23.5 Å². The molecule has 0 amide bonds. The largest absolute Gasteiger partial charge is 0.477 e. The molecule has 148 valence electrons. The fourth-order valence-electron chi connectivity index (χ4n) is 2.15. The van der Waals surface area contributed by atoms with Gasteiger partial charge in [-0.15, -0.1) is 23.5 Å². The van der Waals surface area contributed by atoms with Crippen LogP contribution in [0.4, 0.5) is 0 Å². The highest BCUT2D eigenvalue weighted by Crippen LogP contribution is 2.26. The van der Waals surface area contributed by atoms with Crippen LogP contribution in [0.2, 0.25) is 0 Å². The Labute approximate surface area is 160 Å². The van der Waals surface area contributed by atoms with E-state index >= 15 is 0 Å². The summed E-state index contributed by atoms with van der Waals surface area (Å²) in [4.78, 5) is 22.0. The van der Waals surface area contributed by atoms with E-state index in [-0.39, 0.29) is 10.5 Å². The van der Waals surface area contributed by atoms with Gasteiger partial charge in [0, 0.05) is 25.4 Å². The van der Waals surface area contributed by atoms with Crippen LogP contribution in [0, 0.1) is 0 Å². The Morgan fingerprint density at radius 2 is 1.15 bits per heavy atom. The van der Waals surface area contributed by atoms with Crippen LogP contribution in [0.25, 0.3) is 0 Å². The molecule has 0 atom stereocenters. The van der Waals surface area contributed by atoms with E-state index in [1.54, 1.807) is 23.5 Å². The molecule has 2 heterocycles. The van der Waals surface area contributed by atoms with Gasteiger partial charge in [0.15, 0.2) is 0 Å². The number of aliphatic carboxylic acids is 2. The minimum Gasteiger partial charge on any atom is -0.477 e. The van der Waals surface area contributed by atoms with Gasteiger partial charge in [-0.2, -0.15) is 0 Å². The molecule has 26 heavy (non-hydrogen) atoms. The maximum absolute atomic E-state index is 11.0. The number of hydrogen-bond donors (Lipinski definition) is 2. The van der Waals surface area contributed by atoms with Gasteiger partial charge in [0.05, 0.1) is 36.9 Å². The Hall–Kier alpha value is -0.780. The van der Waals surface area contributed by atoms with Crippen LogP contribution < -0.4 is 0 Å². The first-order chi connectivity index (χ1) is 12.3. The minimum atomic E-state index is -1.54. The normalized spacial score (nSPS) is 35.5. The van der Waals surface area contributed by atoms with Crippen LogP contribution in [0.1, 0.15) is 13.8 Å². The molecule has 0 aromatic carbocycles. The second kappa shape index (κ2) is 9.43. The Morgan fingerprint density at radius 3 is 1.42 bits per heavy atom. The Kier molecular flexibility index (Phi) is 7.80. The van der Waals surface area contributed by atoms with Gasteiger partial charge >= 0.3 is 11.9 Å². The predicted octanol–water partition coefficient (Wildman–Crippen LogP) is 1.44. The van der Waals surface area contributed by atoms with Gasteiger partial charge in [-0.05, 0) is 0 Å². The molecule has 0 radical (unpaired) electrons. The number of thioether (sulfide) groups is 2. The van der Waals surface area contributed by atoms with E-state index in [9.17, 15) is 9.59 Å². The molecule has 0 spiro atoms. The Balaban J connectivity index is 1.56. The number of ether oxygens (including phenoxy) is 4. The molecule has 2 aliphatic rings. The van der Waals surface area contributed by atoms with Gasteiger partial charge in [-0.3, -0.25) is 0 Å². The summed E-state index contributed by atoms with van der Waals surface area (Å²) in [6.07, 6.45) is 4.07. The SMILES string of the molecule is CC1(C(=O)O)OCC(SCC=CCSC2COC(C)(C(=O)O)OC2)CO1. The van der Waals surface area contributed by atoms with Gasteiger partial charge in [-0.1, -0.05) is 12.2 Å². The zero-order valence-corrected chi connectivity index (χ0v) is 16.3. The quantitative estimate of drug-likeness (QED) is 0.572. The molecular weight excluding hydrogens is 384 g/mol. The molecular formula is C16H24O8S2. The summed E-state index contributed by atoms with van der Waals surface area (Å²) < 4.78 is 21.2. The van der Waals surface area contributed by atoms with Crippen molar-refractivity contribution in [1.82, 2.24) is 0 Å². The molecule has 2 rings (SSSR count). The molecule has 8 nitrogen and oxygen atoms in total. The van der Waals surface area contributed by atoms with Crippen LogP contribution in [0.15, 0.2) is 12.2 Å². The lowest BCUT2D eigenvalue weighted by Crippen LogP contribution is -2.48. The van der Waals surface area contributed by atoms with Crippen molar-refractivity contribution in [3.63, 3.8) is 0 Å². The second-order valence-corrected chi connectivity index (χ2v) is 8.79. The number of hydrogen-bond acceptors (Lipinski definition) is 8. The molecule has 0 aliphatic carbocycles. The number of carboxylic acid groups (broad SMARTS) is 2. The van der Waals surface area contributed by atoms with Gasteiger partial charge in [0.1, 0.15) is 0 Å². The monoisotopic (exact) mass is 408 g/mol. The molecule has 0 aromatic heterocycles. The molecule has 0 aromatic rings. The van der Waals surface area contributed by atoms with E-state index in [0.717, 1.165) is 11.5 Å². The summed E-state index contributed by atoms with van der Waals surface area (Å²) >= 11 is 3.29. The average molecular weight is 408 g/mol. The summed E-state index contributed by atoms with van der Waals surface area (Å²) in [5, 5.41) is 18.2. The molecule has 2 fully saturated rings. The first-order valence-electron chi connectivity index (χ1n) is 8.16. The maximum Gasteiger partial charge on any atom is 0.364 e. The minimum absolute atomic E-state index is 0.105. The van der Waals surface area contributed by atoms with Crippen molar-refractivity contribution in [3.05, 3.63) is 12.2 Å². The van der Waals surface area contributed by atoms with Crippen molar-refractivity contribution < 1.29 is 38.7 Å². The fraction of sp³-hybridized carbons (Fsp3) is 0.750. The van der Waals surface area contributed by atoms with Crippen molar-refractivity contribution in [2.75, 3.05) is 37.9 Å². The maximum atomic E-state index is 11.0. The summed E-state index contributed by atoms with van der Waals surface area (Å²) in [5.41, 5.74) is 0. The second-order valence-electron chi connectivity index (χ2n) is 6.13. The molecule has 2 N–H and O–H groups in total. The van der Waals surface area contributed by atoms with Crippen molar-refractivity contribution in [2.24, 2.45) is 0 Å². The highest BCUT2D eigenvalue weighted by molar-refractivity contribution is 8.00. The first-order valence-corrected chi connectivity index (χ1v) is 10.3. The number of carboxylic acids is 2. The van der Waals surface area contributed by atoms with E-state index in [1.165, 1.54) is 13.8 Å². The van der Waals surface area contributed by atoms with Crippen LogP contribution in [-0.2, 0) is 28.5 Å². The smallest absolute Gasteiger partial charge is 0.364 e. The summed E-state index contributed by atoms with van der Waals surface area (Å²) in [6.45, 7) is 4.19. The van der Waals surface area contributed by atoms with E-state index < -0.39 is 23.5 Å². The highest BCUT2D eigenvalue weighted by Gasteiger charge is 2.41. The standard InChI is InChI=1S/C16H24O8S2/c1-15(13(17)18)21-7-11(8-22-15)25-5-3-4-6-26-12-9-23-16(2,14(19)20)24-10-12/h3-4,11-12H,5-10H2,1-2H3,(H,17,18)(H,19,20). The number of carbonyl (C=O) groups is 2. The van der Waals surface area contributed by atoms with Crippen molar-refractivity contribution >= 4 is 35.5 Å². The first kappa shape index (κ1) is 21.5. The summed E-state index contributed by atoms with van der Waals surface area (Å²) in [7, 11) is 0. The van der Waals surface area contributed by atoms with Crippen LogP contribution in [-0.4, -0.2) is 82.2 Å². The average Bonchev–Trinajstić information content (AvgIpc) is 2.61. The predicted molar refractivity (Wildman–Crippen MR) is 97.5 cm³/mol. The lowest BCUT2D eigenvalue weighted by atomic mass is 10.3. The van der Waals surface area contributed by atoms with Gasteiger partial charge < -0.3 is 29.2 Å². The van der Waals surface area contributed by atoms with Crippen LogP contribution in [0.3, 0.4) is 0 Å². The lowest BCUT2D eigenvalue weighted by Gasteiger charge is -2.34. The molecule has 10 heteroatoms. The molecule has 0 saturated carbocycles. The fourth-order valence-corrected chi connectivity index (χ4v) is 3.84. The Bertz CT molecular complexity index is 476. The van der Waals surface area contributed by atoms with Crippen LogP contribution in [0.5, 0.6) is 0 Å². The van der Waals surface area contributed by atoms with E-state index in [4.69, 9.17) is 29.2 Å². The van der Waals surface area contributed by atoms with Gasteiger partial charge in [0.2, 0.25) is 0 Å². The molecule has 0 unspecified atom stereocenters. The Morgan fingerprint density at radius 1 is 0.846 bits per heavy atom. The van der Waals surface area contributed by atoms with E-state index in [1.807, 2.05) is 12.2 Å². The zero-order valence-electron chi connectivity index (χ0n) is 14.7. The van der Waals surface area contributed by atoms with Crippen molar-refractivity contribution in [2.45, 2.75) is 35.9 Å². The third kappa shape index (κ3) is 5.86. The molecule has 0 bridgehead atoms. The third-order valence-electron chi connectivity index (χ3n) is 3.98. The van der Waals surface area contributed by atoms with Gasteiger partial charge in [-0.25, -0.2) is 9.59 Å².